The minimum atomic E-state index is -0.250. The van der Waals surface area contributed by atoms with Gasteiger partial charge in [0.1, 0.15) is 17.7 Å². The molecule has 274 valence electrons. The minimum Gasteiger partial charge on any atom is -0.484 e. The van der Waals surface area contributed by atoms with Crippen LogP contribution in [0.1, 0.15) is 108 Å². The highest BCUT2D eigenvalue weighted by Gasteiger charge is 2.30. The zero-order valence-corrected chi connectivity index (χ0v) is 30.4. The zero-order valence-electron chi connectivity index (χ0n) is 30.4. The molecule has 2 amide bonds. The lowest BCUT2D eigenvalue weighted by molar-refractivity contribution is -0.122. The van der Waals surface area contributed by atoms with Gasteiger partial charge in [0.05, 0.1) is 24.5 Å². The van der Waals surface area contributed by atoms with Crippen molar-refractivity contribution in [3.63, 3.8) is 0 Å². The summed E-state index contributed by atoms with van der Waals surface area (Å²) in [6, 6.07) is 14.4. The molecule has 3 aliphatic rings. The Bertz CT molecular complexity index is 1770. The normalized spacial score (nSPS) is 20.9. The number of ether oxygens (including phenoxy) is 1. The Hall–Kier alpha value is -4.65. The number of pyridine rings is 1. The first-order valence-electron chi connectivity index (χ1n) is 18.5. The van der Waals surface area contributed by atoms with E-state index in [1.54, 1.807) is 0 Å². The number of amides is 2. The van der Waals surface area contributed by atoms with E-state index in [0.29, 0.717) is 6.04 Å². The van der Waals surface area contributed by atoms with E-state index in [-0.39, 0.29) is 30.1 Å². The first-order chi connectivity index (χ1) is 24.6. The van der Waals surface area contributed by atoms with Crippen molar-refractivity contribution in [1.29, 1.82) is 0 Å². The van der Waals surface area contributed by atoms with Crippen LogP contribution in [0.25, 0.3) is 5.65 Å². The monoisotopic (exact) mass is 699 g/mol. The number of urea groups is 1. The number of hydrogen-bond acceptors (Lipinski definition) is 8. The number of nitrogens with zero attached hydrogens (tertiary/aromatic N) is 7. The van der Waals surface area contributed by atoms with Crippen LogP contribution in [0.5, 0.6) is 5.75 Å². The maximum atomic E-state index is 13.5. The SMILES string of the molecule is C[C@H]1CCCCN1c1nnc2ccc(O[C@@H]3CC[C@H](NC(=O)Nc4cc(C(C)(C)C)nn4CCN4CCCCC4)c4ccccc43)cn12.O=CO. The second kappa shape index (κ2) is 16.1. The summed E-state index contributed by atoms with van der Waals surface area (Å²) in [5.41, 5.74) is 3.86. The van der Waals surface area contributed by atoms with E-state index in [4.69, 9.17) is 19.7 Å². The average molecular weight is 700 g/mol. The molecule has 0 bridgehead atoms. The molecule has 0 spiro atoms. The van der Waals surface area contributed by atoms with Gasteiger partial charge >= 0.3 is 6.03 Å². The van der Waals surface area contributed by atoms with Crippen molar-refractivity contribution >= 4 is 29.9 Å². The Balaban J connectivity index is 0.00000144. The number of nitrogens with one attached hydrogen (secondary N) is 2. The highest BCUT2D eigenvalue weighted by Crippen LogP contribution is 2.39. The number of aromatic nitrogens is 5. The molecule has 7 rings (SSSR count). The molecular formula is C38H53N9O4. The van der Waals surface area contributed by atoms with E-state index < -0.39 is 0 Å². The highest BCUT2D eigenvalue weighted by molar-refractivity contribution is 5.88. The van der Waals surface area contributed by atoms with E-state index in [1.165, 1.54) is 32.1 Å². The summed E-state index contributed by atoms with van der Waals surface area (Å²) in [5.74, 6) is 2.40. The number of hydrogen-bond donors (Lipinski definition) is 3. The van der Waals surface area contributed by atoms with Gasteiger partial charge in [0.2, 0.25) is 5.95 Å². The molecule has 0 radical (unpaired) electrons. The molecule has 0 saturated carbocycles. The molecule has 3 N–H and O–H groups in total. The number of carbonyl (C=O) groups is 2. The number of likely N-dealkylation sites (tertiary alicyclic amines) is 1. The Morgan fingerprint density at radius 2 is 1.71 bits per heavy atom. The molecule has 2 saturated heterocycles. The van der Waals surface area contributed by atoms with Crippen molar-refractivity contribution in [3.8, 4) is 5.75 Å². The van der Waals surface area contributed by atoms with Crippen molar-refractivity contribution in [1.82, 2.24) is 34.6 Å². The molecular weight excluding hydrogens is 646 g/mol. The van der Waals surface area contributed by atoms with Crippen LogP contribution in [0.3, 0.4) is 0 Å². The van der Waals surface area contributed by atoms with Crippen LogP contribution in [0, 0.1) is 0 Å². The van der Waals surface area contributed by atoms with Gasteiger partial charge in [0.15, 0.2) is 5.65 Å². The lowest BCUT2D eigenvalue weighted by Gasteiger charge is -2.33. The van der Waals surface area contributed by atoms with Crippen molar-refractivity contribution in [2.75, 3.05) is 36.4 Å². The summed E-state index contributed by atoms with van der Waals surface area (Å²) in [6.45, 7) is 13.4. The number of anilines is 2. The van der Waals surface area contributed by atoms with Crippen LogP contribution in [0.4, 0.5) is 16.6 Å². The predicted octanol–water partition coefficient (Wildman–Crippen LogP) is 6.57. The third-order valence-electron chi connectivity index (χ3n) is 10.3. The van der Waals surface area contributed by atoms with E-state index in [9.17, 15) is 4.79 Å². The molecule has 4 aromatic rings. The average Bonchev–Trinajstić information content (AvgIpc) is 3.73. The Morgan fingerprint density at radius 3 is 2.45 bits per heavy atom. The molecule has 51 heavy (non-hydrogen) atoms. The van der Waals surface area contributed by atoms with Gasteiger partial charge in [-0.3, -0.25) is 14.5 Å². The lowest BCUT2D eigenvalue weighted by atomic mass is 9.85. The van der Waals surface area contributed by atoms with Crippen molar-refractivity contribution in [2.24, 2.45) is 0 Å². The molecule has 5 heterocycles. The summed E-state index contributed by atoms with van der Waals surface area (Å²) < 4.78 is 10.7. The number of benzene rings is 1. The molecule has 2 fully saturated rings. The quantitative estimate of drug-likeness (QED) is 0.174. The fraction of sp³-hybridized carbons (Fsp3) is 0.553. The first-order valence-corrected chi connectivity index (χ1v) is 18.5. The Labute approximate surface area is 300 Å². The van der Waals surface area contributed by atoms with Crippen molar-refractivity contribution in [2.45, 2.75) is 109 Å². The van der Waals surface area contributed by atoms with Crippen LogP contribution in [-0.2, 0) is 16.8 Å². The molecule has 13 heteroatoms. The second-order valence-corrected chi connectivity index (χ2v) is 15.0. The summed E-state index contributed by atoms with van der Waals surface area (Å²) in [7, 11) is 0. The number of rotatable bonds is 8. The van der Waals surface area contributed by atoms with Gasteiger partial charge in [-0.25, -0.2) is 9.48 Å². The van der Waals surface area contributed by atoms with E-state index in [2.05, 4.69) is 74.9 Å². The smallest absolute Gasteiger partial charge is 0.320 e. The summed E-state index contributed by atoms with van der Waals surface area (Å²) in [5, 5.41) is 27.2. The standard InChI is InChI=1S/C37H51N9O2.CH2O2/c1-26-12-8-11-21-44(26)36-41-40-33-18-15-27(25-45(33)36)48-31-17-16-30(28-13-6-7-14-29(28)31)38-35(47)39-34-24-32(37(2,3)4)42-46(34)23-22-43-19-9-5-10-20-43;2-1-3/h6-7,13-15,18,24-26,30-31H,5,8-12,16-17,19-23H2,1-4H3,(H2,38,39,47);1H,(H,2,3)/t26-,30-,31+;/m0./s1. The van der Waals surface area contributed by atoms with Gasteiger partial charge in [-0.1, -0.05) is 51.5 Å². The maximum Gasteiger partial charge on any atom is 0.320 e. The number of piperidine rings is 2. The predicted molar refractivity (Wildman–Crippen MR) is 197 cm³/mol. The maximum absolute atomic E-state index is 13.5. The Kier molecular flexibility index (Phi) is 11.4. The third kappa shape index (κ3) is 8.63. The third-order valence-corrected chi connectivity index (χ3v) is 10.3. The molecule has 0 unspecified atom stereocenters. The fourth-order valence-corrected chi connectivity index (χ4v) is 7.49. The van der Waals surface area contributed by atoms with Crippen LogP contribution < -0.4 is 20.3 Å². The zero-order chi connectivity index (χ0) is 36.0. The van der Waals surface area contributed by atoms with Crippen molar-refractivity contribution in [3.05, 3.63) is 65.5 Å². The number of carboxylic acid groups (broad SMARTS) is 1. The van der Waals surface area contributed by atoms with Gasteiger partial charge in [-0.2, -0.15) is 5.10 Å². The number of carbonyl (C=O) groups excluding carboxylic acids is 1. The fourth-order valence-electron chi connectivity index (χ4n) is 7.49. The molecule has 13 nitrogen and oxygen atoms in total. The largest absolute Gasteiger partial charge is 0.484 e. The summed E-state index contributed by atoms with van der Waals surface area (Å²) in [4.78, 5) is 26.8. The van der Waals surface area contributed by atoms with Gasteiger partial charge in [-0.05, 0) is 88.2 Å². The Morgan fingerprint density at radius 1 is 0.961 bits per heavy atom. The minimum absolute atomic E-state index is 0.118. The molecule has 2 aliphatic heterocycles. The molecule has 3 atom stereocenters. The van der Waals surface area contributed by atoms with Crippen LogP contribution >= 0.6 is 0 Å². The molecule has 1 aliphatic carbocycles. The van der Waals surface area contributed by atoms with E-state index in [0.717, 1.165) is 92.0 Å². The molecule has 3 aromatic heterocycles. The van der Waals surface area contributed by atoms with Gasteiger partial charge in [0.25, 0.3) is 6.47 Å². The first kappa shape index (κ1) is 36.2. The van der Waals surface area contributed by atoms with E-state index >= 15 is 0 Å². The summed E-state index contributed by atoms with van der Waals surface area (Å²) >= 11 is 0. The summed E-state index contributed by atoms with van der Waals surface area (Å²) in [6.07, 6.45) is 10.8. The lowest BCUT2D eigenvalue weighted by Crippen LogP contribution is -2.38. The van der Waals surface area contributed by atoms with Gasteiger partial charge < -0.3 is 25.0 Å². The van der Waals surface area contributed by atoms with Crippen molar-refractivity contribution < 1.29 is 19.4 Å². The topological polar surface area (TPSA) is 142 Å². The van der Waals surface area contributed by atoms with Crippen LogP contribution in [-0.4, -0.2) is 79.1 Å². The number of fused-ring (bicyclic) bond motifs is 2. The van der Waals surface area contributed by atoms with Crippen LogP contribution in [0.15, 0.2) is 48.7 Å². The van der Waals surface area contributed by atoms with E-state index in [1.807, 2.05) is 41.2 Å². The van der Waals surface area contributed by atoms with Gasteiger partial charge in [0, 0.05) is 30.6 Å². The van der Waals surface area contributed by atoms with Crippen LogP contribution in [0.2, 0.25) is 0 Å². The highest BCUT2D eigenvalue weighted by atomic mass is 16.5. The van der Waals surface area contributed by atoms with Gasteiger partial charge in [-0.15, -0.1) is 10.2 Å². The molecule has 1 aromatic carbocycles. The second-order valence-electron chi connectivity index (χ2n) is 15.0.